The van der Waals surface area contributed by atoms with Crippen molar-refractivity contribution < 1.29 is 0 Å². The Labute approximate surface area is 131 Å². The molecule has 0 amide bonds. The summed E-state index contributed by atoms with van der Waals surface area (Å²) < 4.78 is 0. The number of aryl methyl sites for hydroxylation is 1. The molecule has 0 aromatic heterocycles. The average molecular weight is 296 g/mol. The second-order valence-corrected chi connectivity index (χ2v) is 6.63. The summed E-state index contributed by atoms with van der Waals surface area (Å²) in [6, 6.07) is 6.95. The van der Waals surface area contributed by atoms with Crippen LogP contribution in [0.2, 0.25) is 0 Å². The molecule has 1 unspecified atom stereocenters. The Bertz CT molecular complexity index is 605. The third-order valence-corrected chi connectivity index (χ3v) is 4.83. The van der Waals surface area contributed by atoms with E-state index < -0.39 is 0 Å². The molecule has 0 radical (unpaired) electrons. The molecule has 0 saturated heterocycles. The van der Waals surface area contributed by atoms with Crippen molar-refractivity contribution in [3.63, 3.8) is 0 Å². The van der Waals surface area contributed by atoms with Crippen molar-refractivity contribution in [3.8, 4) is 0 Å². The first-order chi connectivity index (χ1) is 10.1. The molecular formula is C20H25P. The Hall–Kier alpha value is -1.39. The first kappa shape index (κ1) is 16.0. The van der Waals surface area contributed by atoms with Gasteiger partial charge in [0.1, 0.15) is 0 Å². The minimum atomic E-state index is 0.859. The third-order valence-electron chi connectivity index (χ3n) is 3.96. The highest BCUT2D eigenvalue weighted by molar-refractivity contribution is 7.46. The van der Waals surface area contributed by atoms with Crippen LogP contribution in [-0.4, -0.2) is 6.66 Å². The first-order valence-electron chi connectivity index (χ1n) is 7.67. The Morgan fingerprint density at radius 3 is 2.57 bits per heavy atom. The van der Waals surface area contributed by atoms with E-state index in [0.29, 0.717) is 0 Å². The zero-order valence-corrected chi connectivity index (χ0v) is 14.5. The molecule has 1 aromatic carbocycles. The Balaban J connectivity index is 2.24. The van der Waals surface area contributed by atoms with E-state index in [1.165, 1.54) is 33.2 Å². The van der Waals surface area contributed by atoms with Gasteiger partial charge in [0.25, 0.3) is 0 Å². The summed E-state index contributed by atoms with van der Waals surface area (Å²) >= 11 is 0. The van der Waals surface area contributed by atoms with E-state index in [-0.39, 0.29) is 0 Å². The number of rotatable bonds is 4. The van der Waals surface area contributed by atoms with Gasteiger partial charge in [0, 0.05) is 0 Å². The van der Waals surface area contributed by atoms with Crippen LogP contribution in [0.3, 0.4) is 0 Å². The van der Waals surface area contributed by atoms with E-state index >= 15 is 0 Å². The molecule has 1 aromatic rings. The number of hydrogen-bond donors (Lipinski definition) is 0. The van der Waals surface area contributed by atoms with Crippen molar-refractivity contribution >= 4 is 20.0 Å². The Morgan fingerprint density at radius 1 is 1.05 bits per heavy atom. The van der Waals surface area contributed by atoms with E-state index in [0.717, 1.165) is 21.4 Å². The standard InChI is InChI=1S/C20H25P/c1-5-17-12-19(14-20(13-17)21-4)10-9-18-8-6-7-15(2)16(3)11-18/h7-14,21H,5-6H2,1-4H3/b10-9-. The van der Waals surface area contributed by atoms with Crippen molar-refractivity contribution in [1.82, 2.24) is 0 Å². The Morgan fingerprint density at radius 2 is 1.86 bits per heavy atom. The molecule has 110 valence electrons. The molecule has 0 bridgehead atoms. The molecule has 0 spiro atoms. The van der Waals surface area contributed by atoms with Crippen LogP contribution in [0.4, 0.5) is 0 Å². The molecule has 21 heavy (non-hydrogen) atoms. The van der Waals surface area contributed by atoms with Crippen LogP contribution in [-0.2, 0) is 6.42 Å². The SMILES string of the molecule is CCc1cc(/C=C\C2=CCC=C(C)C(C)=C2)cc(PC)c1. The molecule has 1 heteroatoms. The molecule has 1 aliphatic rings. The molecule has 0 aliphatic heterocycles. The van der Waals surface area contributed by atoms with Gasteiger partial charge in [0.2, 0.25) is 0 Å². The number of benzene rings is 1. The monoisotopic (exact) mass is 296 g/mol. The maximum atomic E-state index is 2.33. The highest BCUT2D eigenvalue weighted by Gasteiger charge is 2.00. The largest absolute Gasteiger partial charge is 0.0936 e. The second-order valence-electron chi connectivity index (χ2n) is 5.55. The van der Waals surface area contributed by atoms with Crippen LogP contribution in [0.1, 0.15) is 38.3 Å². The van der Waals surface area contributed by atoms with E-state index in [4.69, 9.17) is 0 Å². The minimum Gasteiger partial charge on any atom is -0.0936 e. The lowest BCUT2D eigenvalue weighted by molar-refractivity contribution is 1.14. The molecule has 1 atom stereocenters. The average Bonchev–Trinajstić information content (AvgIpc) is 2.66. The summed E-state index contributed by atoms with van der Waals surface area (Å²) in [4.78, 5) is 0. The molecule has 2 rings (SSSR count). The van der Waals surface area contributed by atoms with Crippen LogP contribution in [0.5, 0.6) is 0 Å². The van der Waals surface area contributed by atoms with E-state index in [1.807, 2.05) is 0 Å². The summed E-state index contributed by atoms with van der Waals surface area (Å²) in [6.07, 6.45) is 13.5. The number of allylic oxidation sites excluding steroid dienone is 7. The van der Waals surface area contributed by atoms with Crippen molar-refractivity contribution in [3.05, 3.63) is 70.3 Å². The second kappa shape index (κ2) is 7.57. The van der Waals surface area contributed by atoms with Gasteiger partial charge in [-0.3, -0.25) is 0 Å². The van der Waals surface area contributed by atoms with Gasteiger partial charge in [0.15, 0.2) is 0 Å². The summed E-state index contributed by atoms with van der Waals surface area (Å²) in [5.41, 5.74) is 6.81. The minimum absolute atomic E-state index is 0.859. The molecule has 0 nitrogen and oxygen atoms in total. The van der Waals surface area contributed by atoms with Crippen molar-refractivity contribution in [2.24, 2.45) is 0 Å². The predicted octanol–water partition coefficient (Wildman–Crippen LogP) is 5.42. The Kier molecular flexibility index (Phi) is 5.76. The van der Waals surface area contributed by atoms with Crippen LogP contribution >= 0.6 is 8.58 Å². The highest BCUT2D eigenvalue weighted by Crippen LogP contribution is 2.19. The fraction of sp³-hybridized carbons (Fsp3) is 0.300. The molecule has 0 N–H and O–H groups in total. The van der Waals surface area contributed by atoms with Crippen LogP contribution in [0.25, 0.3) is 6.08 Å². The van der Waals surface area contributed by atoms with Gasteiger partial charge in [-0.1, -0.05) is 63.6 Å². The molecule has 1 aliphatic carbocycles. The highest BCUT2D eigenvalue weighted by atomic mass is 31.1. The fourth-order valence-corrected chi connectivity index (χ4v) is 3.07. The van der Waals surface area contributed by atoms with Crippen LogP contribution in [0, 0.1) is 0 Å². The maximum Gasteiger partial charge on any atom is -0.0154 e. The van der Waals surface area contributed by atoms with Gasteiger partial charge in [-0.25, -0.2) is 0 Å². The lowest BCUT2D eigenvalue weighted by Gasteiger charge is -2.05. The third kappa shape index (κ3) is 4.55. The molecule has 0 saturated carbocycles. The summed E-state index contributed by atoms with van der Waals surface area (Å²) in [5.74, 6) is 0. The zero-order chi connectivity index (χ0) is 15.2. The smallest absolute Gasteiger partial charge is 0.0154 e. The topological polar surface area (TPSA) is 0 Å². The van der Waals surface area contributed by atoms with Crippen molar-refractivity contribution in [2.75, 3.05) is 6.66 Å². The predicted molar refractivity (Wildman–Crippen MR) is 98.9 cm³/mol. The fourth-order valence-electron chi connectivity index (χ4n) is 2.43. The normalized spacial score (nSPS) is 16.1. The summed E-state index contributed by atoms with van der Waals surface area (Å²) in [7, 11) is 0.859. The van der Waals surface area contributed by atoms with Crippen molar-refractivity contribution in [2.45, 2.75) is 33.6 Å². The quantitative estimate of drug-likeness (QED) is 0.651. The lowest BCUT2D eigenvalue weighted by atomic mass is 10.1. The molecule has 0 heterocycles. The van der Waals surface area contributed by atoms with Crippen LogP contribution in [0.15, 0.2) is 59.2 Å². The van der Waals surface area contributed by atoms with Gasteiger partial charge in [0.05, 0.1) is 0 Å². The van der Waals surface area contributed by atoms with Gasteiger partial charge < -0.3 is 0 Å². The molecule has 0 fully saturated rings. The van der Waals surface area contributed by atoms with E-state index in [2.05, 4.69) is 76.0 Å². The number of hydrogen-bond acceptors (Lipinski definition) is 0. The van der Waals surface area contributed by atoms with Gasteiger partial charge in [-0.2, -0.15) is 0 Å². The zero-order valence-electron chi connectivity index (χ0n) is 13.5. The van der Waals surface area contributed by atoms with Crippen molar-refractivity contribution in [1.29, 1.82) is 0 Å². The van der Waals surface area contributed by atoms with Crippen LogP contribution < -0.4 is 5.30 Å². The first-order valence-corrected chi connectivity index (χ1v) is 9.17. The van der Waals surface area contributed by atoms with E-state index in [1.54, 1.807) is 0 Å². The molecular weight excluding hydrogens is 271 g/mol. The van der Waals surface area contributed by atoms with Gasteiger partial charge in [-0.05, 0) is 67.0 Å². The van der Waals surface area contributed by atoms with E-state index in [9.17, 15) is 0 Å². The lowest BCUT2D eigenvalue weighted by Crippen LogP contribution is -1.97. The maximum absolute atomic E-state index is 2.33. The van der Waals surface area contributed by atoms with Gasteiger partial charge in [-0.15, -0.1) is 0 Å². The summed E-state index contributed by atoms with van der Waals surface area (Å²) in [5, 5.41) is 1.45. The van der Waals surface area contributed by atoms with Gasteiger partial charge >= 0.3 is 0 Å². The summed E-state index contributed by atoms with van der Waals surface area (Å²) in [6.45, 7) is 8.84.